The lowest BCUT2D eigenvalue weighted by Gasteiger charge is -2.20. The average molecular weight is 294 g/mol. The van der Waals surface area contributed by atoms with E-state index < -0.39 is 23.5 Å². The van der Waals surface area contributed by atoms with Crippen LogP contribution in [0.25, 0.3) is 0 Å². The van der Waals surface area contributed by atoms with Gasteiger partial charge >= 0.3 is 0 Å². The van der Waals surface area contributed by atoms with E-state index in [2.05, 4.69) is 10.3 Å². The lowest BCUT2D eigenvalue weighted by atomic mass is 9.99. The van der Waals surface area contributed by atoms with Crippen molar-refractivity contribution < 1.29 is 13.2 Å². The number of nitrogens with zero attached hydrogens (tertiary/aromatic N) is 1. The summed E-state index contributed by atoms with van der Waals surface area (Å²) in [5, 5.41) is 3.14. The smallest absolute Gasteiger partial charge is 0.194 e. The lowest BCUT2D eigenvalue weighted by Crippen LogP contribution is -2.24. The summed E-state index contributed by atoms with van der Waals surface area (Å²) in [5.74, 6) is -3.80. The Kier molecular flexibility index (Phi) is 4.96. The van der Waals surface area contributed by atoms with Gasteiger partial charge in [-0.05, 0) is 37.6 Å². The molecule has 112 valence electrons. The summed E-state index contributed by atoms with van der Waals surface area (Å²) in [7, 11) is 0. The molecular weight excluding hydrogens is 277 g/mol. The molecule has 1 aromatic carbocycles. The summed E-state index contributed by atoms with van der Waals surface area (Å²) in [6.07, 6.45) is 2.45. The Hall–Kier alpha value is -1.88. The highest BCUT2D eigenvalue weighted by Crippen LogP contribution is 2.26. The third-order valence-corrected chi connectivity index (χ3v) is 3.24. The molecule has 1 atom stereocenters. The van der Waals surface area contributed by atoms with Crippen LogP contribution in [0.5, 0.6) is 0 Å². The van der Waals surface area contributed by atoms with E-state index in [1.807, 2.05) is 13.8 Å². The predicted molar refractivity (Wildman–Crippen MR) is 75.4 cm³/mol. The number of pyridine rings is 1. The Labute approximate surface area is 122 Å². The quantitative estimate of drug-likeness (QED) is 0.846. The highest BCUT2D eigenvalue weighted by atomic mass is 19.2. The average Bonchev–Trinajstić information content (AvgIpc) is 2.48. The second-order valence-corrected chi connectivity index (χ2v) is 4.88. The van der Waals surface area contributed by atoms with Crippen LogP contribution in [-0.2, 0) is 0 Å². The summed E-state index contributed by atoms with van der Waals surface area (Å²) in [6.45, 7) is 4.44. The van der Waals surface area contributed by atoms with E-state index in [1.54, 1.807) is 18.3 Å². The van der Waals surface area contributed by atoms with Crippen molar-refractivity contribution in [2.24, 2.45) is 0 Å². The molecular formula is C16H17F3N2. The molecule has 2 nitrogen and oxygen atoms in total. The van der Waals surface area contributed by atoms with E-state index in [0.717, 1.165) is 18.2 Å². The summed E-state index contributed by atoms with van der Waals surface area (Å²) in [6, 6.07) is 5.24. The van der Waals surface area contributed by atoms with Crippen LogP contribution in [0.15, 0.2) is 30.5 Å². The van der Waals surface area contributed by atoms with Gasteiger partial charge in [-0.15, -0.1) is 0 Å². The number of hydrogen-bond acceptors (Lipinski definition) is 2. The number of benzene rings is 1. The van der Waals surface area contributed by atoms with E-state index in [4.69, 9.17) is 0 Å². The molecule has 21 heavy (non-hydrogen) atoms. The zero-order chi connectivity index (χ0) is 15.4. The number of aromatic nitrogens is 1. The second-order valence-electron chi connectivity index (χ2n) is 4.88. The first-order valence-electron chi connectivity index (χ1n) is 6.84. The zero-order valence-electron chi connectivity index (χ0n) is 12.0. The monoisotopic (exact) mass is 294 g/mol. The van der Waals surface area contributed by atoms with Crippen LogP contribution in [0.2, 0.25) is 0 Å². The van der Waals surface area contributed by atoms with Crippen LogP contribution < -0.4 is 5.32 Å². The molecule has 0 fully saturated rings. The van der Waals surface area contributed by atoms with Crippen LogP contribution in [0.4, 0.5) is 13.2 Å². The van der Waals surface area contributed by atoms with Gasteiger partial charge in [0, 0.05) is 17.5 Å². The maximum absolute atomic E-state index is 14.0. The number of nitrogens with one attached hydrogen (secondary N) is 1. The van der Waals surface area contributed by atoms with Crippen molar-refractivity contribution in [3.63, 3.8) is 0 Å². The molecule has 1 N–H and O–H groups in total. The van der Waals surface area contributed by atoms with Crippen LogP contribution >= 0.6 is 0 Å². The lowest BCUT2D eigenvalue weighted by molar-refractivity contribution is 0.432. The Bertz CT molecular complexity index is 612. The third kappa shape index (κ3) is 3.42. The summed E-state index contributed by atoms with van der Waals surface area (Å²) >= 11 is 0. The largest absolute Gasteiger partial charge is 0.306 e. The van der Waals surface area contributed by atoms with Crippen molar-refractivity contribution in [2.75, 3.05) is 6.54 Å². The van der Waals surface area contributed by atoms with Gasteiger partial charge in [0.25, 0.3) is 0 Å². The fourth-order valence-corrected chi connectivity index (χ4v) is 2.11. The van der Waals surface area contributed by atoms with Gasteiger partial charge in [0.15, 0.2) is 17.5 Å². The van der Waals surface area contributed by atoms with Crippen LogP contribution in [0.3, 0.4) is 0 Å². The molecule has 0 saturated carbocycles. The van der Waals surface area contributed by atoms with Crippen molar-refractivity contribution in [3.05, 3.63) is 64.7 Å². The van der Waals surface area contributed by atoms with Gasteiger partial charge in [0.05, 0.1) is 6.04 Å². The Balaban J connectivity index is 2.45. The van der Waals surface area contributed by atoms with Crippen molar-refractivity contribution in [2.45, 2.75) is 26.3 Å². The van der Waals surface area contributed by atoms with Crippen LogP contribution in [0, 0.1) is 24.4 Å². The molecule has 5 heteroatoms. The van der Waals surface area contributed by atoms with Gasteiger partial charge in [0.1, 0.15) is 0 Å². The van der Waals surface area contributed by atoms with E-state index >= 15 is 0 Å². The number of rotatable bonds is 5. The van der Waals surface area contributed by atoms with Crippen molar-refractivity contribution in [3.8, 4) is 0 Å². The second kappa shape index (κ2) is 6.72. The van der Waals surface area contributed by atoms with Gasteiger partial charge in [0.2, 0.25) is 0 Å². The zero-order valence-corrected chi connectivity index (χ0v) is 12.0. The molecule has 0 aliphatic carbocycles. The van der Waals surface area contributed by atoms with E-state index in [1.165, 1.54) is 6.07 Å². The molecule has 1 unspecified atom stereocenters. The van der Waals surface area contributed by atoms with Gasteiger partial charge in [-0.1, -0.05) is 19.1 Å². The van der Waals surface area contributed by atoms with E-state index in [-0.39, 0.29) is 5.56 Å². The van der Waals surface area contributed by atoms with Crippen molar-refractivity contribution >= 4 is 0 Å². The van der Waals surface area contributed by atoms with Gasteiger partial charge in [-0.2, -0.15) is 0 Å². The van der Waals surface area contributed by atoms with Crippen LogP contribution in [-0.4, -0.2) is 11.5 Å². The van der Waals surface area contributed by atoms with Crippen molar-refractivity contribution in [1.82, 2.24) is 10.3 Å². The maximum Gasteiger partial charge on any atom is 0.194 e. The highest BCUT2D eigenvalue weighted by molar-refractivity contribution is 5.32. The minimum Gasteiger partial charge on any atom is -0.306 e. The Morgan fingerprint density at radius 1 is 1.10 bits per heavy atom. The fraction of sp³-hybridized carbons (Fsp3) is 0.312. The molecule has 1 heterocycles. The molecule has 0 spiro atoms. The number of halogens is 3. The number of hydrogen-bond donors (Lipinski definition) is 1. The van der Waals surface area contributed by atoms with Gasteiger partial charge in [-0.3, -0.25) is 4.98 Å². The van der Waals surface area contributed by atoms with Crippen LogP contribution in [0.1, 0.15) is 36.2 Å². The maximum atomic E-state index is 14.0. The molecule has 2 aromatic rings. The first-order valence-corrected chi connectivity index (χ1v) is 6.84. The summed E-state index contributed by atoms with van der Waals surface area (Å²) < 4.78 is 40.6. The normalized spacial score (nSPS) is 12.4. The first-order chi connectivity index (χ1) is 10.0. The molecule has 0 amide bonds. The Morgan fingerprint density at radius 2 is 1.86 bits per heavy atom. The molecule has 1 aromatic heterocycles. The van der Waals surface area contributed by atoms with Crippen molar-refractivity contribution in [1.29, 1.82) is 0 Å². The summed E-state index contributed by atoms with van der Waals surface area (Å²) in [4.78, 5) is 4.17. The standard InChI is InChI=1S/C16H17F3N2/c1-3-8-20-16(11-5-4-10(2)21-9-11)12-6-7-13(17)15(19)14(12)18/h4-7,9,16,20H,3,8H2,1-2H3. The first kappa shape index (κ1) is 15.5. The van der Waals surface area contributed by atoms with Gasteiger partial charge in [-0.25, -0.2) is 13.2 Å². The van der Waals surface area contributed by atoms with Gasteiger partial charge < -0.3 is 5.32 Å². The molecule has 0 radical (unpaired) electrons. The topological polar surface area (TPSA) is 24.9 Å². The Morgan fingerprint density at radius 3 is 2.48 bits per heavy atom. The highest BCUT2D eigenvalue weighted by Gasteiger charge is 2.22. The van der Waals surface area contributed by atoms with E-state index in [9.17, 15) is 13.2 Å². The molecule has 0 aliphatic heterocycles. The summed E-state index contributed by atoms with van der Waals surface area (Å²) in [5.41, 5.74) is 1.62. The molecule has 2 rings (SSSR count). The minimum atomic E-state index is -1.45. The fourth-order valence-electron chi connectivity index (χ4n) is 2.11. The molecule has 0 saturated heterocycles. The third-order valence-electron chi connectivity index (χ3n) is 3.24. The number of aryl methyl sites for hydroxylation is 1. The molecule has 0 bridgehead atoms. The molecule has 0 aliphatic rings. The SMILES string of the molecule is CCCNC(c1ccc(C)nc1)c1ccc(F)c(F)c1F. The minimum absolute atomic E-state index is 0.0769. The predicted octanol–water partition coefficient (Wildman–Crippen LogP) is 3.90. The van der Waals surface area contributed by atoms with E-state index in [0.29, 0.717) is 12.1 Å².